The molecule has 0 radical (unpaired) electrons. The lowest BCUT2D eigenvalue weighted by molar-refractivity contribution is 0.0695. The molecular weight excluding hydrogens is 222 g/mol. The third-order valence-electron chi connectivity index (χ3n) is 1.88. The molecule has 0 aromatic carbocycles. The molecule has 0 fully saturated rings. The SMILES string of the molecule is Cc1onc(-c2ccc(Cl)o2)c1C(=O)O. The van der Waals surface area contributed by atoms with Crippen LogP contribution in [0.1, 0.15) is 16.1 Å². The number of aromatic nitrogens is 1. The van der Waals surface area contributed by atoms with E-state index in [9.17, 15) is 4.79 Å². The molecule has 0 saturated carbocycles. The number of carbonyl (C=O) groups is 1. The van der Waals surface area contributed by atoms with Crippen LogP contribution in [0.4, 0.5) is 0 Å². The Morgan fingerprint density at radius 3 is 2.80 bits per heavy atom. The number of carboxylic acid groups (broad SMARTS) is 1. The quantitative estimate of drug-likeness (QED) is 0.853. The van der Waals surface area contributed by atoms with Gasteiger partial charge < -0.3 is 14.0 Å². The van der Waals surface area contributed by atoms with E-state index in [-0.39, 0.29) is 28.0 Å². The second-order valence-electron chi connectivity index (χ2n) is 2.87. The van der Waals surface area contributed by atoms with Gasteiger partial charge in [0.2, 0.25) is 0 Å². The fourth-order valence-corrected chi connectivity index (χ4v) is 1.38. The van der Waals surface area contributed by atoms with Crippen LogP contribution in [0.25, 0.3) is 11.5 Å². The maximum Gasteiger partial charge on any atom is 0.341 e. The van der Waals surface area contributed by atoms with E-state index in [2.05, 4.69) is 5.16 Å². The number of furan rings is 1. The molecule has 0 spiro atoms. The van der Waals surface area contributed by atoms with Gasteiger partial charge in [-0.3, -0.25) is 0 Å². The molecule has 0 unspecified atom stereocenters. The van der Waals surface area contributed by atoms with Crippen molar-refractivity contribution in [3.05, 3.63) is 28.7 Å². The maximum atomic E-state index is 10.9. The third kappa shape index (κ3) is 1.61. The Morgan fingerprint density at radius 2 is 2.27 bits per heavy atom. The van der Waals surface area contributed by atoms with Gasteiger partial charge in [0, 0.05) is 0 Å². The summed E-state index contributed by atoms with van der Waals surface area (Å²) >= 11 is 5.58. The van der Waals surface area contributed by atoms with Crippen molar-refractivity contribution >= 4 is 17.6 Å². The zero-order chi connectivity index (χ0) is 11.0. The molecule has 0 bridgehead atoms. The van der Waals surface area contributed by atoms with Crippen molar-refractivity contribution in [1.29, 1.82) is 0 Å². The van der Waals surface area contributed by atoms with Crippen molar-refractivity contribution < 1.29 is 18.8 Å². The Balaban J connectivity index is 2.58. The highest BCUT2D eigenvalue weighted by Crippen LogP contribution is 2.28. The highest BCUT2D eigenvalue weighted by atomic mass is 35.5. The molecule has 2 heterocycles. The maximum absolute atomic E-state index is 10.9. The van der Waals surface area contributed by atoms with Gasteiger partial charge in [-0.1, -0.05) is 5.16 Å². The number of hydrogen-bond donors (Lipinski definition) is 1. The van der Waals surface area contributed by atoms with Crippen molar-refractivity contribution in [2.75, 3.05) is 0 Å². The van der Waals surface area contributed by atoms with Crippen molar-refractivity contribution in [3.63, 3.8) is 0 Å². The molecule has 2 aromatic heterocycles. The monoisotopic (exact) mass is 227 g/mol. The van der Waals surface area contributed by atoms with Crippen molar-refractivity contribution in [3.8, 4) is 11.5 Å². The first-order chi connectivity index (χ1) is 7.09. The summed E-state index contributed by atoms with van der Waals surface area (Å²) in [5.74, 6) is -0.615. The molecule has 0 atom stereocenters. The van der Waals surface area contributed by atoms with E-state index in [1.165, 1.54) is 19.1 Å². The molecular formula is C9H6ClNO4. The van der Waals surface area contributed by atoms with Crippen LogP contribution >= 0.6 is 11.6 Å². The number of hydrogen-bond acceptors (Lipinski definition) is 4. The molecule has 78 valence electrons. The first kappa shape index (κ1) is 9.79. The van der Waals surface area contributed by atoms with Gasteiger partial charge >= 0.3 is 5.97 Å². The first-order valence-electron chi connectivity index (χ1n) is 4.05. The van der Waals surface area contributed by atoms with Gasteiger partial charge in [-0.05, 0) is 30.7 Å². The molecule has 6 heteroatoms. The van der Waals surface area contributed by atoms with E-state index in [1.807, 2.05) is 0 Å². The van der Waals surface area contributed by atoms with Crippen LogP contribution in [0.5, 0.6) is 0 Å². The van der Waals surface area contributed by atoms with Crippen LogP contribution in [0.2, 0.25) is 5.22 Å². The van der Waals surface area contributed by atoms with Crippen LogP contribution in [0.3, 0.4) is 0 Å². The van der Waals surface area contributed by atoms with Crippen LogP contribution in [-0.2, 0) is 0 Å². The van der Waals surface area contributed by atoms with E-state index >= 15 is 0 Å². The second-order valence-corrected chi connectivity index (χ2v) is 3.24. The molecule has 1 N–H and O–H groups in total. The molecule has 2 aromatic rings. The summed E-state index contributed by atoms with van der Waals surface area (Å²) in [6, 6.07) is 3.04. The predicted octanol–water partition coefficient (Wildman–Crippen LogP) is 2.59. The van der Waals surface area contributed by atoms with E-state index in [0.717, 1.165) is 0 Å². The van der Waals surface area contributed by atoms with Crippen LogP contribution in [0.15, 0.2) is 21.1 Å². The summed E-state index contributed by atoms with van der Waals surface area (Å²) in [5, 5.41) is 12.7. The van der Waals surface area contributed by atoms with Crippen LogP contribution < -0.4 is 0 Å². The Labute approximate surface area is 89.2 Å². The number of nitrogens with zero attached hydrogens (tertiary/aromatic N) is 1. The molecule has 0 aliphatic rings. The number of carboxylic acids is 1. The smallest absolute Gasteiger partial charge is 0.341 e. The van der Waals surface area contributed by atoms with Crippen LogP contribution in [-0.4, -0.2) is 16.2 Å². The minimum atomic E-state index is -1.11. The largest absolute Gasteiger partial charge is 0.477 e. The third-order valence-corrected chi connectivity index (χ3v) is 2.09. The summed E-state index contributed by atoms with van der Waals surface area (Å²) < 4.78 is 9.84. The minimum Gasteiger partial charge on any atom is -0.477 e. The summed E-state index contributed by atoms with van der Waals surface area (Å²) in [5.41, 5.74) is 0.132. The van der Waals surface area contributed by atoms with E-state index < -0.39 is 5.97 Å². The Hall–Kier alpha value is -1.75. The molecule has 0 aliphatic carbocycles. The molecule has 2 rings (SSSR count). The number of aromatic carboxylic acids is 1. The highest BCUT2D eigenvalue weighted by Gasteiger charge is 2.22. The first-order valence-corrected chi connectivity index (χ1v) is 4.42. The van der Waals surface area contributed by atoms with Crippen molar-refractivity contribution in [2.45, 2.75) is 6.92 Å². The van der Waals surface area contributed by atoms with Crippen molar-refractivity contribution in [2.24, 2.45) is 0 Å². The number of aryl methyl sites for hydroxylation is 1. The topological polar surface area (TPSA) is 76.5 Å². The van der Waals surface area contributed by atoms with Gasteiger partial charge in [0.25, 0.3) is 0 Å². The van der Waals surface area contributed by atoms with Gasteiger partial charge in [-0.25, -0.2) is 4.79 Å². The molecule has 15 heavy (non-hydrogen) atoms. The van der Waals surface area contributed by atoms with E-state index in [4.69, 9.17) is 25.6 Å². The van der Waals surface area contributed by atoms with Gasteiger partial charge in [0.15, 0.2) is 16.7 Å². The fourth-order valence-electron chi connectivity index (χ4n) is 1.23. The summed E-state index contributed by atoms with van der Waals surface area (Å²) in [6.07, 6.45) is 0. The van der Waals surface area contributed by atoms with Gasteiger partial charge in [-0.2, -0.15) is 0 Å². The second kappa shape index (κ2) is 3.43. The van der Waals surface area contributed by atoms with Gasteiger partial charge in [-0.15, -0.1) is 0 Å². The fraction of sp³-hybridized carbons (Fsp3) is 0.111. The Kier molecular flexibility index (Phi) is 2.24. The zero-order valence-electron chi connectivity index (χ0n) is 7.65. The number of halogens is 1. The lowest BCUT2D eigenvalue weighted by Crippen LogP contribution is -1.98. The lowest BCUT2D eigenvalue weighted by Gasteiger charge is -1.92. The summed E-state index contributed by atoms with van der Waals surface area (Å²) in [4.78, 5) is 10.9. The zero-order valence-corrected chi connectivity index (χ0v) is 8.41. The van der Waals surface area contributed by atoms with Crippen molar-refractivity contribution in [1.82, 2.24) is 5.16 Å². The number of rotatable bonds is 2. The Morgan fingerprint density at radius 1 is 1.53 bits per heavy atom. The van der Waals surface area contributed by atoms with E-state index in [1.54, 1.807) is 0 Å². The average Bonchev–Trinajstić information content (AvgIpc) is 2.71. The van der Waals surface area contributed by atoms with E-state index in [0.29, 0.717) is 0 Å². The average molecular weight is 228 g/mol. The molecule has 0 amide bonds. The standard InChI is InChI=1S/C9H6ClNO4/c1-4-7(9(12)13)8(11-15-4)5-2-3-6(10)14-5/h2-3H,1H3,(H,12,13). The molecule has 0 saturated heterocycles. The lowest BCUT2D eigenvalue weighted by atomic mass is 10.1. The Bertz CT molecular complexity index is 514. The van der Waals surface area contributed by atoms with Gasteiger partial charge in [0.1, 0.15) is 11.3 Å². The van der Waals surface area contributed by atoms with Gasteiger partial charge in [0.05, 0.1) is 0 Å². The highest BCUT2D eigenvalue weighted by molar-refractivity contribution is 6.29. The minimum absolute atomic E-state index is 0.0129. The predicted molar refractivity (Wildman–Crippen MR) is 50.9 cm³/mol. The molecule has 5 nitrogen and oxygen atoms in total. The summed E-state index contributed by atoms with van der Waals surface area (Å²) in [7, 11) is 0. The summed E-state index contributed by atoms with van der Waals surface area (Å²) in [6.45, 7) is 1.52. The molecule has 0 aliphatic heterocycles. The normalized spacial score (nSPS) is 10.5. The van der Waals surface area contributed by atoms with Crippen LogP contribution in [0, 0.1) is 6.92 Å².